The van der Waals surface area contributed by atoms with Gasteiger partial charge in [-0.15, -0.1) is 41.1 Å². The summed E-state index contributed by atoms with van der Waals surface area (Å²) in [7, 11) is 0. The van der Waals surface area contributed by atoms with E-state index in [2.05, 4.69) is 47.4 Å². The number of aromatic nitrogens is 1. The third kappa shape index (κ3) is 4.30. The standard InChI is InChI=1S/C16H14N.2ClH.Cr/c1-2-7-16-13(5-1)8-9-14(16)10-11-15-6-3-4-12-17-15;;;/h1-9,12H,10-11H2;2*1H;/q-1;;;+3/p-2. The molecule has 2 aromatic carbocycles. The number of aryl methyl sites for hydroxylation is 2. The van der Waals surface area contributed by atoms with Gasteiger partial charge in [-0.3, -0.25) is 4.98 Å². The van der Waals surface area contributed by atoms with Crippen molar-refractivity contribution in [3.05, 3.63) is 72.1 Å². The van der Waals surface area contributed by atoms with Crippen molar-refractivity contribution < 1.29 is 42.2 Å². The minimum absolute atomic E-state index is 0. The number of fused-ring (bicyclic) bond motifs is 1. The molecule has 0 fully saturated rings. The Morgan fingerprint density at radius 3 is 2.40 bits per heavy atom. The third-order valence-electron chi connectivity index (χ3n) is 3.15. The monoisotopic (exact) mass is 342 g/mol. The first-order valence-electron chi connectivity index (χ1n) is 5.97. The van der Waals surface area contributed by atoms with Gasteiger partial charge >= 0.3 is 17.4 Å². The van der Waals surface area contributed by atoms with Crippen LogP contribution in [-0.2, 0) is 30.2 Å². The van der Waals surface area contributed by atoms with Crippen molar-refractivity contribution >= 4 is 10.8 Å². The van der Waals surface area contributed by atoms with E-state index in [4.69, 9.17) is 0 Å². The van der Waals surface area contributed by atoms with Crippen LogP contribution in [0.25, 0.3) is 10.8 Å². The van der Waals surface area contributed by atoms with Crippen LogP contribution in [0.5, 0.6) is 0 Å². The Kier molecular flexibility index (Phi) is 8.69. The molecule has 0 saturated carbocycles. The number of benzene rings is 1. The molecule has 1 radical (unpaired) electrons. The van der Waals surface area contributed by atoms with Gasteiger partial charge in [-0.25, -0.2) is 0 Å². The molecule has 103 valence electrons. The van der Waals surface area contributed by atoms with Gasteiger partial charge in [-0.1, -0.05) is 18.6 Å². The number of halogens is 2. The van der Waals surface area contributed by atoms with Gasteiger partial charge in [-0.05, 0) is 18.6 Å². The summed E-state index contributed by atoms with van der Waals surface area (Å²) < 4.78 is 0. The fourth-order valence-corrected chi connectivity index (χ4v) is 2.24. The van der Waals surface area contributed by atoms with Gasteiger partial charge < -0.3 is 24.8 Å². The van der Waals surface area contributed by atoms with Crippen molar-refractivity contribution in [1.82, 2.24) is 4.98 Å². The largest absolute Gasteiger partial charge is 3.00 e. The maximum Gasteiger partial charge on any atom is 3.00 e. The molecule has 4 heteroatoms. The zero-order valence-electron chi connectivity index (χ0n) is 10.8. The van der Waals surface area contributed by atoms with Gasteiger partial charge in [0.25, 0.3) is 0 Å². The zero-order chi connectivity index (χ0) is 11.5. The molecule has 0 atom stereocenters. The Balaban J connectivity index is 0.00000120. The Bertz CT molecular complexity index is 622. The molecule has 0 amide bonds. The second-order valence-corrected chi connectivity index (χ2v) is 4.27. The molecular weight excluding hydrogens is 329 g/mol. The average molecular weight is 343 g/mol. The predicted molar refractivity (Wildman–Crippen MR) is 71.2 cm³/mol. The summed E-state index contributed by atoms with van der Waals surface area (Å²) in [6.45, 7) is 0. The summed E-state index contributed by atoms with van der Waals surface area (Å²) >= 11 is 0. The summed E-state index contributed by atoms with van der Waals surface area (Å²) in [5, 5.41) is 2.71. The molecule has 3 aromatic rings. The maximum absolute atomic E-state index is 4.36. The SMILES string of the molecule is [Cl-].[Cl-].[Cr+3].c1ccc(CCc2c[cH-]c3ccccc23)nc1. The van der Waals surface area contributed by atoms with Crippen LogP contribution >= 0.6 is 0 Å². The first kappa shape index (κ1) is 19.1. The van der Waals surface area contributed by atoms with Gasteiger partial charge in [-0.2, -0.15) is 5.56 Å². The molecule has 1 nitrogen and oxygen atoms in total. The summed E-state index contributed by atoms with van der Waals surface area (Å²) in [6.07, 6.45) is 3.93. The van der Waals surface area contributed by atoms with Crippen LogP contribution in [0.1, 0.15) is 11.3 Å². The van der Waals surface area contributed by atoms with Gasteiger partial charge in [0.05, 0.1) is 0 Å². The molecule has 1 heterocycles. The van der Waals surface area contributed by atoms with Crippen LogP contribution in [0.3, 0.4) is 0 Å². The van der Waals surface area contributed by atoms with Crippen molar-refractivity contribution in [2.45, 2.75) is 12.8 Å². The predicted octanol–water partition coefficient (Wildman–Crippen LogP) is -2.26. The quantitative estimate of drug-likeness (QED) is 0.490. The molecule has 3 rings (SSSR count). The fraction of sp³-hybridized carbons (Fsp3) is 0.125. The van der Waals surface area contributed by atoms with Gasteiger partial charge in [0.15, 0.2) is 0 Å². The second kappa shape index (κ2) is 9.11. The molecule has 0 N–H and O–H groups in total. The molecule has 0 unspecified atom stereocenters. The van der Waals surface area contributed by atoms with Crippen molar-refractivity contribution in [3.63, 3.8) is 0 Å². The third-order valence-corrected chi connectivity index (χ3v) is 3.15. The average Bonchev–Trinajstić information content (AvgIpc) is 2.81. The van der Waals surface area contributed by atoms with E-state index in [-0.39, 0.29) is 42.2 Å². The topological polar surface area (TPSA) is 12.9 Å². The summed E-state index contributed by atoms with van der Waals surface area (Å²) in [4.78, 5) is 4.36. The van der Waals surface area contributed by atoms with Crippen LogP contribution in [0.15, 0.2) is 60.8 Å². The van der Waals surface area contributed by atoms with Crippen molar-refractivity contribution in [2.75, 3.05) is 0 Å². The van der Waals surface area contributed by atoms with Crippen LogP contribution in [0.4, 0.5) is 0 Å². The normalized spacial score (nSPS) is 9.20. The maximum atomic E-state index is 4.36. The Morgan fingerprint density at radius 2 is 1.65 bits per heavy atom. The zero-order valence-corrected chi connectivity index (χ0v) is 13.6. The first-order chi connectivity index (χ1) is 8.43. The number of rotatable bonds is 3. The van der Waals surface area contributed by atoms with Crippen molar-refractivity contribution in [3.8, 4) is 0 Å². The van der Waals surface area contributed by atoms with E-state index >= 15 is 0 Å². The van der Waals surface area contributed by atoms with E-state index in [1.54, 1.807) is 0 Å². The van der Waals surface area contributed by atoms with E-state index in [0.29, 0.717) is 0 Å². The van der Waals surface area contributed by atoms with Crippen LogP contribution in [-0.4, -0.2) is 4.98 Å². The molecule has 0 aliphatic rings. The number of pyridine rings is 1. The minimum Gasteiger partial charge on any atom is -1.00 e. The smallest absolute Gasteiger partial charge is 1.00 e. The van der Waals surface area contributed by atoms with E-state index in [1.165, 1.54) is 16.3 Å². The van der Waals surface area contributed by atoms with Crippen molar-refractivity contribution in [2.24, 2.45) is 0 Å². The molecule has 0 bridgehead atoms. The van der Waals surface area contributed by atoms with E-state index in [1.807, 2.05) is 18.3 Å². The molecule has 1 aromatic heterocycles. The molecule has 0 aliphatic heterocycles. The molecule has 0 aliphatic carbocycles. The van der Waals surface area contributed by atoms with Crippen LogP contribution in [0.2, 0.25) is 0 Å². The van der Waals surface area contributed by atoms with Crippen molar-refractivity contribution in [1.29, 1.82) is 0 Å². The van der Waals surface area contributed by atoms with E-state index < -0.39 is 0 Å². The van der Waals surface area contributed by atoms with E-state index in [0.717, 1.165) is 18.5 Å². The van der Waals surface area contributed by atoms with E-state index in [9.17, 15) is 0 Å². The fourth-order valence-electron chi connectivity index (χ4n) is 2.24. The Labute approximate surface area is 142 Å². The Morgan fingerprint density at radius 1 is 0.900 bits per heavy atom. The van der Waals surface area contributed by atoms with Crippen LogP contribution in [0, 0.1) is 0 Å². The second-order valence-electron chi connectivity index (χ2n) is 4.27. The van der Waals surface area contributed by atoms with Crippen LogP contribution < -0.4 is 24.8 Å². The molecule has 0 saturated heterocycles. The van der Waals surface area contributed by atoms with Gasteiger partial charge in [0.2, 0.25) is 0 Å². The number of nitrogens with zero attached hydrogens (tertiary/aromatic N) is 1. The Hall–Kier alpha value is -0.908. The summed E-state index contributed by atoms with van der Waals surface area (Å²) in [6, 6.07) is 19.1. The number of hydrogen-bond donors (Lipinski definition) is 0. The molecular formula is C16H14Cl2CrN. The number of hydrogen-bond acceptors (Lipinski definition) is 1. The van der Waals surface area contributed by atoms with Gasteiger partial charge in [0.1, 0.15) is 0 Å². The van der Waals surface area contributed by atoms with Gasteiger partial charge in [0, 0.05) is 11.9 Å². The molecule has 20 heavy (non-hydrogen) atoms. The first-order valence-corrected chi connectivity index (χ1v) is 5.97. The molecule has 0 spiro atoms. The summed E-state index contributed by atoms with van der Waals surface area (Å²) in [5.74, 6) is 0. The minimum atomic E-state index is 0. The summed E-state index contributed by atoms with van der Waals surface area (Å²) in [5.41, 5.74) is 2.59.